The largest absolute Gasteiger partial charge is 0.311 e. The third-order valence-corrected chi connectivity index (χ3v) is 4.64. The number of carbonyl (C=O) groups is 1. The highest BCUT2D eigenvalue weighted by Crippen LogP contribution is 2.37. The number of rotatable bonds is 2. The highest BCUT2D eigenvalue weighted by molar-refractivity contribution is 9.09. The van der Waals surface area contributed by atoms with Crippen LogP contribution in [-0.4, -0.2) is 17.8 Å². The Labute approximate surface area is 123 Å². The van der Waals surface area contributed by atoms with Crippen LogP contribution in [0.25, 0.3) is 0 Å². The summed E-state index contributed by atoms with van der Waals surface area (Å²) in [6.45, 7) is 0.655. The molecular weight excluding hydrogens is 348 g/mol. The molecule has 17 heavy (non-hydrogen) atoms. The fraction of sp³-hybridized carbons (Fsp3) is 0.364. The van der Waals surface area contributed by atoms with Crippen LogP contribution in [0, 0.1) is 5.92 Å². The summed E-state index contributed by atoms with van der Waals surface area (Å²) in [5, 5.41) is 2.04. The Hall–Kier alpha value is 0.0400. The average molecular weight is 357 g/mol. The van der Waals surface area contributed by atoms with Gasteiger partial charge in [0.2, 0.25) is 5.91 Å². The second kappa shape index (κ2) is 5.35. The molecule has 1 aromatic carbocycles. The third kappa shape index (κ3) is 2.73. The molecule has 0 aliphatic carbocycles. The third-order valence-electron chi connectivity index (χ3n) is 2.70. The number of amides is 1. The van der Waals surface area contributed by atoms with E-state index >= 15 is 0 Å². The topological polar surface area (TPSA) is 20.3 Å². The highest BCUT2D eigenvalue weighted by Gasteiger charge is 2.31. The second-order valence-corrected chi connectivity index (χ2v) is 5.82. The van der Waals surface area contributed by atoms with E-state index in [1.165, 1.54) is 0 Å². The number of carbonyl (C=O) groups excluding carboxylic acids is 1. The minimum atomic E-state index is 0.0646. The zero-order chi connectivity index (χ0) is 12.6. The van der Waals surface area contributed by atoms with E-state index in [0.717, 1.165) is 5.33 Å². The van der Waals surface area contributed by atoms with Crippen molar-refractivity contribution in [3.05, 3.63) is 27.2 Å². The van der Waals surface area contributed by atoms with Crippen LogP contribution in [0.15, 0.2) is 12.1 Å². The van der Waals surface area contributed by atoms with Crippen LogP contribution < -0.4 is 4.90 Å². The van der Waals surface area contributed by atoms with E-state index in [4.69, 9.17) is 34.8 Å². The molecule has 1 aromatic rings. The Balaban J connectivity index is 2.35. The van der Waals surface area contributed by atoms with Crippen molar-refractivity contribution < 1.29 is 4.79 Å². The molecule has 1 heterocycles. The Bertz CT molecular complexity index is 466. The summed E-state index contributed by atoms with van der Waals surface area (Å²) in [5.74, 6) is 0.378. The Kier molecular flexibility index (Phi) is 4.24. The van der Waals surface area contributed by atoms with Crippen LogP contribution in [0.5, 0.6) is 0 Å². The van der Waals surface area contributed by atoms with Crippen LogP contribution in [0.4, 0.5) is 5.69 Å². The number of halogens is 4. The molecular formula is C11H9BrCl3NO. The zero-order valence-electron chi connectivity index (χ0n) is 8.72. The van der Waals surface area contributed by atoms with E-state index in [9.17, 15) is 4.79 Å². The van der Waals surface area contributed by atoms with Gasteiger partial charge in [-0.2, -0.15) is 0 Å². The molecule has 92 valence electrons. The molecule has 1 unspecified atom stereocenters. The number of anilines is 1. The molecule has 1 saturated heterocycles. The molecule has 1 fully saturated rings. The van der Waals surface area contributed by atoms with Gasteiger partial charge in [-0.25, -0.2) is 0 Å². The minimum Gasteiger partial charge on any atom is -0.311 e. The molecule has 6 heteroatoms. The fourth-order valence-corrected chi connectivity index (χ4v) is 2.91. The Morgan fingerprint density at radius 1 is 1.24 bits per heavy atom. The summed E-state index contributed by atoms with van der Waals surface area (Å²) in [4.78, 5) is 13.5. The molecule has 1 atom stereocenters. The maximum Gasteiger partial charge on any atom is 0.227 e. The zero-order valence-corrected chi connectivity index (χ0v) is 12.6. The van der Waals surface area contributed by atoms with E-state index in [2.05, 4.69) is 15.9 Å². The standard InChI is InChI=1S/C11H9BrCl3NO/c12-4-6-1-11(17)16(5-6)10-3-8(14)7(13)2-9(10)15/h2-3,6H,1,4-5H2. The van der Waals surface area contributed by atoms with Crippen molar-refractivity contribution in [1.29, 1.82) is 0 Å². The summed E-state index contributed by atoms with van der Waals surface area (Å²) in [5.41, 5.74) is 0.634. The fourth-order valence-electron chi connectivity index (χ4n) is 1.84. The summed E-state index contributed by atoms with van der Waals surface area (Å²) in [7, 11) is 0. The van der Waals surface area contributed by atoms with Gasteiger partial charge in [-0.05, 0) is 18.1 Å². The molecule has 1 aliphatic rings. The minimum absolute atomic E-state index is 0.0646. The van der Waals surface area contributed by atoms with Crippen molar-refractivity contribution in [3.8, 4) is 0 Å². The molecule has 2 rings (SSSR count). The number of hydrogen-bond acceptors (Lipinski definition) is 1. The summed E-state index contributed by atoms with van der Waals surface area (Å²) in [6.07, 6.45) is 0.530. The maximum absolute atomic E-state index is 11.9. The van der Waals surface area contributed by atoms with Crippen molar-refractivity contribution in [3.63, 3.8) is 0 Å². The molecule has 0 N–H and O–H groups in total. The quantitative estimate of drug-likeness (QED) is 0.568. The predicted octanol–water partition coefficient (Wildman–Crippen LogP) is 4.39. The van der Waals surface area contributed by atoms with E-state index in [1.54, 1.807) is 17.0 Å². The summed E-state index contributed by atoms with van der Waals surface area (Å²) < 4.78 is 0. The van der Waals surface area contributed by atoms with E-state index < -0.39 is 0 Å². The van der Waals surface area contributed by atoms with Gasteiger partial charge in [0.1, 0.15) is 0 Å². The molecule has 0 spiro atoms. The first kappa shape index (κ1) is 13.5. The molecule has 1 aliphatic heterocycles. The van der Waals surface area contributed by atoms with Crippen LogP contribution in [0.2, 0.25) is 15.1 Å². The number of nitrogens with zero attached hydrogens (tertiary/aromatic N) is 1. The van der Waals surface area contributed by atoms with E-state index in [-0.39, 0.29) is 5.91 Å². The normalized spacial score (nSPS) is 20.1. The first-order valence-corrected chi connectivity index (χ1v) is 7.29. The lowest BCUT2D eigenvalue weighted by atomic mass is 10.2. The number of alkyl halides is 1. The number of benzene rings is 1. The van der Waals surface area contributed by atoms with Gasteiger partial charge in [-0.3, -0.25) is 4.79 Å². The maximum atomic E-state index is 11.9. The monoisotopic (exact) mass is 355 g/mol. The van der Waals surface area contributed by atoms with Crippen molar-refractivity contribution in [1.82, 2.24) is 0 Å². The lowest BCUT2D eigenvalue weighted by Crippen LogP contribution is -2.25. The lowest BCUT2D eigenvalue weighted by Gasteiger charge is -2.18. The van der Waals surface area contributed by atoms with E-state index in [0.29, 0.717) is 39.6 Å². The first-order chi connectivity index (χ1) is 8.02. The van der Waals surface area contributed by atoms with Gasteiger partial charge >= 0.3 is 0 Å². The van der Waals surface area contributed by atoms with Gasteiger partial charge in [0.05, 0.1) is 20.8 Å². The van der Waals surface area contributed by atoms with Crippen molar-refractivity contribution in [2.45, 2.75) is 6.42 Å². The SMILES string of the molecule is O=C1CC(CBr)CN1c1cc(Cl)c(Cl)cc1Cl. The van der Waals surface area contributed by atoms with Crippen LogP contribution in [0.1, 0.15) is 6.42 Å². The highest BCUT2D eigenvalue weighted by atomic mass is 79.9. The second-order valence-electron chi connectivity index (χ2n) is 3.95. The van der Waals surface area contributed by atoms with Gasteiger partial charge in [-0.1, -0.05) is 50.7 Å². The Morgan fingerprint density at radius 3 is 2.47 bits per heavy atom. The van der Waals surface area contributed by atoms with Gasteiger partial charge < -0.3 is 4.90 Å². The van der Waals surface area contributed by atoms with Crippen molar-refractivity contribution >= 4 is 62.3 Å². The van der Waals surface area contributed by atoms with Gasteiger partial charge in [0.25, 0.3) is 0 Å². The molecule has 2 nitrogen and oxygen atoms in total. The van der Waals surface area contributed by atoms with Crippen molar-refractivity contribution in [2.75, 3.05) is 16.8 Å². The van der Waals surface area contributed by atoms with Crippen LogP contribution in [-0.2, 0) is 4.79 Å². The van der Waals surface area contributed by atoms with Gasteiger partial charge in [0.15, 0.2) is 0 Å². The van der Waals surface area contributed by atoms with Crippen molar-refractivity contribution in [2.24, 2.45) is 5.92 Å². The first-order valence-electron chi connectivity index (χ1n) is 5.03. The predicted molar refractivity (Wildman–Crippen MR) is 75.7 cm³/mol. The molecule has 0 radical (unpaired) electrons. The average Bonchev–Trinajstić information content (AvgIpc) is 2.65. The molecule has 0 aromatic heterocycles. The van der Waals surface area contributed by atoms with Crippen LogP contribution in [0.3, 0.4) is 0 Å². The summed E-state index contributed by atoms with van der Waals surface area (Å²) in [6, 6.07) is 3.20. The van der Waals surface area contributed by atoms with Crippen LogP contribution >= 0.6 is 50.7 Å². The Morgan fingerprint density at radius 2 is 1.88 bits per heavy atom. The van der Waals surface area contributed by atoms with Gasteiger partial charge in [-0.15, -0.1) is 0 Å². The molecule has 0 saturated carbocycles. The molecule has 1 amide bonds. The number of hydrogen-bond donors (Lipinski definition) is 0. The summed E-state index contributed by atoms with van der Waals surface area (Å²) >= 11 is 21.3. The smallest absolute Gasteiger partial charge is 0.227 e. The molecule has 0 bridgehead atoms. The van der Waals surface area contributed by atoms with E-state index in [1.807, 2.05) is 0 Å². The lowest BCUT2D eigenvalue weighted by molar-refractivity contribution is -0.117. The van der Waals surface area contributed by atoms with Gasteiger partial charge in [0, 0.05) is 18.3 Å².